The molecule has 0 atom stereocenters. The second-order valence-corrected chi connectivity index (χ2v) is 15.6. The Morgan fingerprint density at radius 1 is 0.246 bits per heavy atom. The van der Waals surface area contributed by atoms with Crippen molar-refractivity contribution < 1.29 is 4.42 Å². The zero-order chi connectivity index (χ0) is 40.3. The van der Waals surface area contributed by atoms with Gasteiger partial charge < -0.3 is 4.42 Å². The largest absolute Gasteiger partial charge is 0.456 e. The van der Waals surface area contributed by atoms with E-state index in [0.717, 1.165) is 87.8 Å². The molecule has 0 unspecified atom stereocenters. The topological polar surface area (TPSA) is 51.8 Å². The van der Waals surface area contributed by atoms with Gasteiger partial charge >= 0.3 is 0 Å². The van der Waals surface area contributed by atoms with Gasteiger partial charge in [0.15, 0.2) is 17.5 Å². The average Bonchev–Trinajstić information content (AvgIpc) is 3.70. The van der Waals surface area contributed by atoms with Crippen molar-refractivity contribution in [2.24, 2.45) is 0 Å². The summed E-state index contributed by atoms with van der Waals surface area (Å²) in [7, 11) is 0. The second-order valence-electron chi connectivity index (χ2n) is 15.6. The van der Waals surface area contributed by atoms with E-state index in [0.29, 0.717) is 17.5 Å². The molecule has 4 heteroatoms. The SMILES string of the molecule is c1ccc(-c2cccc(-c3ccc(-c4nc(-c5ccc6ccc(-c7ccc8cc9oc%10ccccc%10c9cc8c7)cc6c5)nc(-c5cccc6ccccc56)n4)cc3)c2)cc1. The quantitative estimate of drug-likeness (QED) is 0.169. The first-order valence-corrected chi connectivity index (χ1v) is 20.6. The number of hydrogen-bond donors (Lipinski definition) is 0. The number of rotatable bonds is 6. The van der Waals surface area contributed by atoms with Crippen LogP contribution in [-0.4, -0.2) is 15.0 Å². The molecule has 2 heterocycles. The van der Waals surface area contributed by atoms with Crippen molar-refractivity contribution in [3.63, 3.8) is 0 Å². The summed E-state index contributed by atoms with van der Waals surface area (Å²) < 4.78 is 6.18. The van der Waals surface area contributed by atoms with Crippen LogP contribution in [0.4, 0.5) is 0 Å². The van der Waals surface area contributed by atoms with E-state index >= 15 is 0 Å². The third-order valence-corrected chi connectivity index (χ3v) is 11.9. The molecular formula is C57H35N3O. The summed E-state index contributed by atoms with van der Waals surface area (Å²) in [5, 5.41) is 9.10. The van der Waals surface area contributed by atoms with Crippen molar-refractivity contribution in [1.82, 2.24) is 15.0 Å². The molecule has 0 aliphatic heterocycles. The molecule has 12 rings (SSSR count). The lowest BCUT2D eigenvalue weighted by Crippen LogP contribution is -2.00. The van der Waals surface area contributed by atoms with E-state index in [2.05, 4.69) is 194 Å². The Hall–Kier alpha value is -8.21. The minimum atomic E-state index is 0.627. The van der Waals surface area contributed by atoms with Crippen LogP contribution in [0.25, 0.3) is 122 Å². The Morgan fingerprint density at radius 3 is 1.57 bits per heavy atom. The number of aromatic nitrogens is 3. The summed E-state index contributed by atoms with van der Waals surface area (Å²) in [5.74, 6) is 1.89. The summed E-state index contributed by atoms with van der Waals surface area (Å²) in [5.41, 5.74) is 11.6. The second kappa shape index (κ2) is 14.3. The number of benzene rings is 10. The van der Waals surface area contributed by atoms with Crippen molar-refractivity contribution in [3.05, 3.63) is 212 Å². The molecule has 0 N–H and O–H groups in total. The molecule has 0 aliphatic carbocycles. The molecule has 0 saturated heterocycles. The highest BCUT2D eigenvalue weighted by molar-refractivity contribution is 6.10. The molecule has 4 nitrogen and oxygen atoms in total. The van der Waals surface area contributed by atoms with Gasteiger partial charge in [0.05, 0.1) is 0 Å². The molecule has 0 fully saturated rings. The van der Waals surface area contributed by atoms with Crippen molar-refractivity contribution in [3.8, 4) is 67.5 Å². The minimum absolute atomic E-state index is 0.627. The van der Waals surface area contributed by atoms with Gasteiger partial charge in [0, 0.05) is 27.5 Å². The van der Waals surface area contributed by atoms with Crippen molar-refractivity contribution >= 4 is 54.3 Å². The van der Waals surface area contributed by atoms with Gasteiger partial charge in [-0.1, -0.05) is 170 Å². The summed E-state index contributed by atoms with van der Waals surface area (Å²) in [6, 6.07) is 74.9. The molecule has 2 aromatic heterocycles. The highest BCUT2D eigenvalue weighted by Gasteiger charge is 2.16. The Morgan fingerprint density at radius 2 is 0.770 bits per heavy atom. The fourth-order valence-corrected chi connectivity index (χ4v) is 8.71. The predicted molar refractivity (Wildman–Crippen MR) is 252 cm³/mol. The molecule has 0 aliphatic rings. The summed E-state index contributed by atoms with van der Waals surface area (Å²) in [4.78, 5) is 15.5. The van der Waals surface area contributed by atoms with Gasteiger partial charge in [-0.15, -0.1) is 0 Å². The third kappa shape index (κ3) is 6.30. The van der Waals surface area contributed by atoms with Crippen LogP contribution in [-0.2, 0) is 0 Å². The highest BCUT2D eigenvalue weighted by Crippen LogP contribution is 2.36. The molecular weight excluding hydrogens is 743 g/mol. The van der Waals surface area contributed by atoms with E-state index in [1.807, 2.05) is 18.2 Å². The monoisotopic (exact) mass is 777 g/mol. The Labute approximate surface area is 352 Å². The maximum Gasteiger partial charge on any atom is 0.164 e. The first kappa shape index (κ1) is 34.8. The third-order valence-electron chi connectivity index (χ3n) is 11.9. The molecule has 284 valence electrons. The smallest absolute Gasteiger partial charge is 0.164 e. The molecule has 0 saturated carbocycles. The first-order valence-electron chi connectivity index (χ1n) is 20.6. The molecule has 0 bridgehead atoms. The molecule has 0 amide bonds. The normalized spacial score (nSPS) is 11.6. The fourth-order valence-electron chi connectivity index (χ4n) is 8.71. The Kier molecular flexibility index (Phi) is 8.13. The molecule has 0 spiro atoms. The van der Waals surface area contributed by atoms with Crippen LogP contribution < -0.4 is 0 Å². The first-order chi connectivity index (χ1) is 30.2. The molecule has 10 aromatic carbocycles. The maximum absolute atomic E-state index is 6.18. The molecule has 61 heavy (non-hydrogen) atoms. The minimum Gasteiger partial charge on any atom is -0.456 e. The van der Waals surface area contributed by atoms with Crippen LogP contribution in [0.15, 0.2) is 217 Å². The van der Waals surface area contributed by atoms with Gasteiger partial charge in [0.1, 0.15) is 11.2 Å². The van der Waals surface area contributed by atoms with Crippen molar-refractivity contribution in [1.29, 1.82) is 0 Å². The van der Waals surface area contributed by atoms with Gasteiger partial charge in [-0.05, 0) is 108 Å². The predicted octanol–water partition coefficient (Wildman–Crippen LogP) is 15.2. The van der Waals surface area contributed by atoms with E-state index in [9.17, 15) is 0 Å². The lowest BCUT2D eigenvalue weighted by Gasteiger charge is -2.12. The number of nitrogens with zero attached hydrogens (tertiary/aromatic N) is 3. The summed E-state index contributed by atoms with van der Waals surface area (Å²) in [6.45, 7) is 0. The van der Waals surface area contributed by atoms with Crippen molar-refractivity contribution in [2.75, 3.05) is 0 Å². The molecule has 0 radical (unpaired) electrons. The van der Waals surface area contributed by atoms with E-state index in [-0.39, 0.29) is 0 Å². The van der Waals surface area contributed by atoms with Gasteiger partial charge in [-0.2, -0.15) is 0 Å². The summed E-state index contributed by atoms with van der Waals surface area (Å²) in [6.07, 6.45) is 0. The van der Waals surface area contributed by atoms with E-state index in [1.54, 1.807) is 0 Å². The standard InChI is InChI=1S/C57H35N3O/c1-2-10-36(11-3-1)41-14-8-15-42(30-41)37-20-24-40(25-21-37)55-58-56(60-57(59-55)51-18-9-13-39-12-4-5-16-49(39)51)46-29-23-38-22-26-43(31-47(38)33-46)44-27-28-45-35-54-52(34-48(45)32-44)50-17-6-7-19-53(50)61-54/h1-35H. The summed E-state index contributed by atoms with van der Waals surface area (Å²) >= 11 is 0. The van der Waals surface area contributed by atoms with Crippen LogP contribution in [0.3, 0.4) is 0 Å². The van der Waals surface area contributed by atoms with E-state index in [1.165, 1.54) is 16.5 Å². The number of furan rings is 1. The van der Waals surface area contributed by atoms with Crippen LogP contribution in [0, 0.1) is 0 Å². The van der Waals surface area contributed by atoms with Crippen LogP contribution in [0.2, 0.25) is 0 Å². The Bertz CT molecular complexity index is 3640. The van der Waals surface area contributed by atoms with Gasteiger partial charge in [-0.3, -0.25) is 0 Å². The zero-order valence-electron chi connectivity index (χ0n) is 33.0. The van der Waals surface area contributed by atoms with Crippen LogP contribution >= 0.6 is 0 Å². The van der Waals surface area contributed by atoms with Gasteiger partial charge in [-0.25, -0.2) is 15.0 Å². The number of para-hydroxylation sites is 1. The number of fused-ring (bicyclic) bond motifs is 6. The average molecular weight is 778 g/mol. The van der Waals surface area contributed by atoms with Crippen LogP contribution in [0.1, 0.15) is 0 Å². The van der Waals surface area contributed by atoms with Crippen molar-refractivity contribution in [2.45, 2.75) is 0 Å². The lowest BCUT2D eigenvalue weighted by atomic mass is 9.97. The van der Waals surface area contributed by atoms with E-state index < -0.39 is 0 Å². The number of hydrogen-bond acceptors (Lipinski definition) is 4. The molecule has 12 aromatic rings. The van der Waals surface area contributed by atoms with Gasteiger partial charge in [0.2, 0.25) is 0 Å². The fraction of sp³-hybridized carbons (Fsp3) is 0. The van der Waals surface area contributed by atoms with E-state index in [4.69, 9.17) is 19.4 Å². The Balaban J connectivity index is 0.946. The highest BCUT2D eigenvalue weighted by atomic mass is 16.3. The maximum atomic E-state index is 6.18. The van der Waals surface area contributed by atoms with Gasteiger partial charge in [0.25, 0.3) is 0 Å². The van der Waals surface area contributed by atoms with Crippen LogP contribution in [0.5, 0.6) is 0 Å². The lowest BCUT2D eigenvalue weighted by molar-refractivity contribution is 0.669. The zero-order valence-corrected chi connectivity index (χ0v) is 33.0.